The fourth-order valence-corrected chi connectivity index (χ4v) is 5.08. The smallest absolute Gasteiger partial charge is 0.234 e. The molecule has 5 nitrogen and oxygen atoms in total. The van der Waals surface area contributed by atoms with Gasteiger partial charge in [-0.05, 0) is 50.2 Å². The lowest BCUT2D eigenvalue weighted by Crippen LogP contribution is -2.50. The van der Waals surface area contributed by atoms with E-state index in [1.54, 1.807) is 11.9 Å². The molecule has 0 saturated heterocycles. The van der Waals surface area contributed by atoms with E-state index >= 15 is 0 Å². The van der Waals surface area contributed by atoms with Gasteiger partial charge in [0.1, 0.15) is 16.6 Å². The number of nitriles is 2. The molecule has 1 saturated carbocycles. The van der Waals surface area contributed by atoms with Crippen molar-refractivity contribution in [3.8, 4) is 12.1 Å². The van der Waals surface area contributed by atoms with Crippen LogP contribution in [-0.4, -0.2) is 34.1 Å². The lowest BCUT2D eigenvalue weighted by molar-refractivity contribution is -0.131. The molecule has 2 aliphatic carbocycles. The minimum atomic E-state index is -0.671. The van der Waals surface area contributed by atoms with Crippen LogP contribution in [0, 0.1) is 29.6 Å². The number of fused-ring (bicyclic) bond motifs is 1. The molecule has 0 atom stereocenters. The van der Waals surface area contributed by atoms with Crippen molar-refractivity contribution in [1.82, 2.24) is 9.88 Å². The van der Waals surface area contributed by atoms with Crippen molar-refractivity contribution in [1.29, 1.82) is 10.5 Å². The van der Waals surface area contributed by atoms with Crippen molar-refractivity contribution in [2.45, 2.75) is 68.9 Å². The second kappa shape index (κ2) is 7.68. The summed E-state index contributed by atoms with van der Waals surface area (Å²) < 4.78 is 0. The highest BCUT2D eigenvalue weighted by atomic mass is 32.2. The van der Waals surface area contributed by atoms with Crippen molar-refractivity contribution in [2.75, 3.05) is 12.8 Å². The average Bonchev–Trinajstić information content (AvgIpc) is 3.15. The molecule has 1 fully saturated rings. The van der Waals surface area contributed by atoms with E-state index in [9.17, 15) is 15.3 Å². The number of carbonyl (C=O) groups excluding carboxylic acids is 1. The molecule has 1 aromatic rings. The molecule has 1 amide bonds. The number of nitrogens with zero attached hydrogens (tertiary/aromatic N) is 4. The fraction of sp³-hybridized carbons (Fsp3) is 0.600. The normalized spacial score (nSPS) is 17.8. The molecular formula is C20H24N4OS. The monoisotopic (exact) mass is 368 g/mol. The molecule has 1 aromatic heterocycles. The van der Waals surface area contributed by atoms with Crippen LogP contribution >= 0.6 is 11.8 Å². The number of pyridine rings is 1. The molecule has 1 heterocycles. The Balaban J connectivity index is 1.75. The maximum absolute atomic E-state index is 12.7. The summed E-state index contributed by atoms with van der Waals surface area (Å²) in [7, 11) is 1.74. The van der Waals surface area contributed by atoms with Gasteiger partial charge in [0.15, 0.2) is 0 Å². The first-order valence-electron chi connectivity index (χ1n) is 9.25. The van der Waals surface area contributed by atoms with Crippen molar-refractivity contribution in [3.05, 3.63) is 22.4 Å². The molecule has 0 bridgehead atoms. The quantitative estimate of drug-likeness (QED) is 0.760. The number of aryl methyl sites for hydroxylation is 1. The van der Waals surface area contributed by atoms with E-state index in [0.29, 0.717) is 10.6 Å². The number of carbonyl (C=O) groups is 1. The second-order valence-corrected chi connectivity index (χ2v) is 8.22. The Bertz CT molecular complexity index is 799. The standard InChI is InChI=1S/C20H24N4OS/c1-14-15-7-6-8-17(15)23-19(16(14)11-21)26-12-18(25)24(2)20(13-22)9-4-3-5-10-20/h3-10,12H2,1-2H3. The van der Waals surface area contributed by atoms with Crippen LogP contribution in [0.5, 0.6) is 0 Å². The number of thioether (sulfide) groups is 1. The van der Waals surface area contributed by atoms with E-state index in [0.717, 1.165) is 62.6 Å². The van der Waals surface area contributed by atoms with Gasteiger partial charge in [-0.1, -0.05) is 31.0 Å². The summed E-state index contributed by atoms with van der Waals surface area (Å²) >= 11 is 1.33. The maximum Gasteiger partial charge on any atom is 0.234 e. The van der Waals surface area contributed by atoms with E-state index in [1.165, 1.54) is 17.3 Å². The Morgan fingerprint density at radius 3 is 2.62 bits per heavy atom. The predicted octanol–water partition coefficient (Wildman–Crippen LogP) is 3.53. The zero-order valence-corrected chi connectivity index (χ0v) is 16.3. The van der Waals surface area contributed by atoms with Crippen molar-refractivity contribution < 1.29 is 4.79 Å². The third-order valence-electron chi connectivity index (χ3n) is 5.82. The van der Waals surface area contributed by atoms with Gasteiger partial charge in [-0.3, -0.25) is 4.79 Å². The molecule has 2 aliphatic rings. The van der Waals surface area contributed by atoms with Gasteiger partial charge in [-0.25, -0.2) is 4.98 Å². The molecule has 0 aliphatic heterocycles. The molecule has 0 N–H and O–H groups in total. The largest absolute Gasteiger partial charge is 0.326 e. The van der Waals surface area contributed by atoms with Gasteiger partial charge in [0.2, 0.25) is 5.91 Å². The van der Waals surface area contributed by atoms with Crippen LogP contribution in [0.3, 0.4) is 0 Å². The van der Waals surface area contributed by atoms with E-state index in [1.807, 2.05) is 6.92 Å². The highest BCUT2D eigenvalue weighted by Gasteiger charge is 2.38. The van der Waals surface area contributed by atoms with Gasteiger partial charge in [-0.15, -0.1) is 0 Å². The predicted molar refractivity (Wildman–Crippen MR) is 101 cm³/mol. The number of amides is 1. The SMILES string of the molecule is Cc1c(C#N)c(SCC(=O)N(C)C2(C#N)CCCCC2)nc2c1CCC2. The van der Waals surface area contributed by atoms with Gasteiger partial charge in [-0.2, -0.15) is 10.5 Å². The summed E-state index contributed by atoms with van der Waals surface area (Å²) in [5.41, 5.74) is 3.22. The van der Waals surface area contributed by atoms with E-state index in [-0.39, 0.29) is 11.7 Å². The first-order valence-corrected chi connectivity index (χ1v) is 10.2. The Hall–Kier alpha value is -2.05. The Morgan fingerprint density at radius 1 is 1.23 bits per heavy atom. The minimum Gasteiger partial charge on any atom is -0.326 e. The van der Waals surface area contributed by atoms with Crippen LogP contribution in [0.15, 0.2) is 5.03 Å². The molecule has 0 aromatic carbocycles. The molecule has 3 rings (SSSR count). The molecule has 6 heteroatoms. The highest BCUT2D eigenvalue weighted by molar-refractivity contribution is 8.00. The van der Waals surface area contributed by atoms with Gasteiger partial charge < -0.3 is 4.90 Å². The van der Waals surface area contributed by atoms with Crippen molar-refractivity contribution in [3.63, 3.8) is 0 Å². The average molecular weight is 369 g/mol. The summed E-state index contributed by atoms with van der Waals surface area (Å²) in [5.74, 6) is 0.141. The minimum absolute atomic E-state index is 0.0673. The van der Waals surface area contributed by atoms with Crippen LogP contribution in [0.2, 0.25) is 0 Å². The topological polar surface area (TPSA) is 80.8 Å². The zero-order chi connectivity index (χ0) is 18.7. The second-order valence-electron chi connectivity index (χ2n) is 7.25. The van der Waals surface area contributed by atoms with E-state index in [4.69, 9.17) is 0 Å². The molecule has 0 spiro atoms. The van der Waals surface area contributed by atoms with Gasteiger partial charge in [0, 0.05) is 12.7 Å². The highest BCUT2D eigenvalue weighted by Crippen LogP contribution is 2.34. The first kappa shape index (κ1) is 18.7. The fourth-order valence-electron chi connectivity index (χ4n) is 4.11. The molecule has 0 unspecified atom stereocenters. The molecule has 26 heavy (non-hydrogen) atoms. The number of rotatable bonds is 4. The summed E-state index contributed by atoms with van der Waals surface area (Å²) in [6.07, 6.45) is 7.61. The van der Waals surface area contributed by atoms with E-state index < -0.39 is 5.54 Å². The summed E-state index contributed by atoms with van der Waals surface area (Å²) in [6, 6.07) is 4.66. The van der Waals surface area contributed by atoms with Crippen molar-refractivity contribution >= 4 is 17.7 Å². The van der Waals surface area contributed by atoms with Crippen LogP contribution in [-0.2, 0) is 17.6 Å². The number of hydrogen-bond acceptors (Lipinski definition) is 5. The van der Waals surface area contributed by atoms with Crippen LogP contribution in [0.4, 0.5) is 0 Å². The summed E-state index contributed by atoms with van der Waals surface area (Å²) in [6.45, 7) is 1.98. The first-order chi connectivity index (χ1) is 12.5. The molecule has 0 radical (unpaired) electrons. The number of hydrogen-bond donors (Lipinski definition) is 0. The lowest BCUT2D eigenvalue weighted by Gasteiger charge is -2.39. The lowest BCUT2D eigenvalue weighted by atomic mass is 9.81. The zero-order valence-electron chi connectivity index (χ0n) is 15.5. The van der Waals surface area contributed by atoms with E-state index in [2.05, 4.69) is 17.1 Å². The maximum atomic E-state index is 12.7. The molecule has 136 valence electrons. The van der Waals surface area contributed by atoms with Crippen LogP contribution in [0.1, 0.15) is 60.9 Å². The Kier molecular flexibility index (Phi) is 5.53. The third kappa shape index (κ3) is 3.31. The third-order valence-corrected chi connectivity index (χ3v) is 6.78. The molecular weight excluding hydrogens is 344 g/mol. The van der Waals surface area contributed by atoms with Crippen LogP contribution in [0.25, 0.3) is 0 Å². The summed E-state index contributed by atoms with van der Waals surface area (Å²) in [5, 5.41) is 19.9. The van der Waals surface area contributed by atoms with Crippen molar-refractivity contribution in [2.24, 2.45) is 0 Å². The Morgan fingerprint density at radius 2 is 1.96 bits per heavy atom. The van der Waals surface area contributed by atoms with Crippen LogP contribution < -0.4 is 0 Å². The summed E-state index contributed by atoms with van der Waals surface area (Å²) in [4.78, 5) is 19.0. The van der Waals surface area contributed by atoms with Gasteiger partial charge in [0.25, 0.3) is 0 Å². The van der Waals surface area contributed by atoms with Gasteiger partial charge >= 0.3 is 0 Å². The Labute approximate surface area is 159 Å². The van der Waals surface area contributed by atoms with Gasteiger partial charge in [0.05, 0.1) is 17.4 Å². The number of aromatic nitrogens is 1.